The monoisotopic (exact) mass is 271 g/mol. The van der Waals surface area contributed by atoms with Crippen LogP contribution in [0.15, 0.2) is 42.5 Å². The summed E-state index contributed by atoms with van der Waals surface area (Å²) in [5, 5.41) is 3.26. The number of ketones is 1. The van der Waals surface area contributed by atoms with Crippen molar-refractivity contribution in [1.29, 1.82) is 0 Å². The second kappa shape index (κ2) is 6.30. The highest BCUT2D eigenvalue weighted by Crippen LogP contribution is 2.17. The minimum atomic E-state index is -0.207. The van der Waals surface area contributed by atoms with E-state index in [2.05, 4.69) is 0 Å². The molecular formula is C16H17NO3. The molecule has 0 unspecified atom stereocenters. The van der Waals surface area contributed by atoms with Crippen molar-refractivity contribution in [2.45, 2.75) is 12.8 Å². The number of hydrogen-bond donors (Lipinski definition) is 0. The molecule has 0 radical (unpaired) electrons. The fourth-order valence-corrected chi connectivity index (χ4v) is 1.99. The maximum atomic E-state index is 12.1. The normalized spacial score (nSPS) is 10.5. The summed E-state index contributed by atoms with van der Waals surface area (Å²) in [7, 11) is 2.95. The third-order valence-electron chi connectivity index (χ3n) is 3.26. The number of fused-ring (bicyclic) bond motifs is 1. The second-order valence-electron chi connectivity index (χ2n) is 4.56. The number of carbonyl (C=O) groups is 2. The molecule has 2 rings (SSSR count). The first kappa shape index (κ1) is 14.2. The Bertz CT molecular complexity index is 636. The average Bonchev–Trinajstić information content (AvgIpc) is 2.50. The van der Waals surface area contributed by atoms with Crippen molar-refractivity contribution >= 4 is 22.5 Å². The van der Waals surface area contributed by atoms with Gasteiger partial charge in [0.05, 0.1) is 7.11 Å². The zero-order valence-corrected chi connectivity index (χ0v) is 11.6. The lowest BCUT2D eigenvalue weighted by atomic mass is 10.0. The molecule has 0 N–H and O–H groups in total. The van der Waals surface area contributed by atoms with Crippen molar-refractivity contribution in [1.82, 2.24) is 5.06 Å². The molecule has 2 aromatic carbocycles. The van der Waals surface area contributed by atoms with E-state index in [-0.39, 0.29) is 24.5 Å². The summed E-state index contributed by atoms with van der Waals surface area (Å²) in [5.41, 5.74) is 0.636. The molecule has 1 amide bonds. The summed E-state index contributed by atoms with van der Waals surface area (Å²) in [6, 6.07) is 13.5. The Labute approximate surface area is 117 Å². The van der Waals surface area contributed by atoms with Gasteiger partial charge in [-0.1, -0.05) is 36.4 Å². The van der Waals surface area contributed by atoms with Gasteiger partial charge in [-0.05, 0) is 16.8 Å². The summed E-state index contributed by atoms with van der Waals surface area (Å²) in [6.07, 6.45) is 0.334. The van der Waals surface area contributed by atoms with Gasteiger partial charge in [-0.2, -0.15) is 0 Å². The largest absolute Gasteiger partial charge is 0.294 e. The third kappa shape index (κ3) is 3.22. The molecule has 0 spiro atoms. The second-order valence-corrected chi connectivity index (χ2v) is 4.56. The van der Waals surface area contributed by atoms with Crippen LogP contribution in [-0.2, 0) is 9.63 Å². The third-order valence-corrected chi connectivity index (χ3v) is 3.26. The van der Waals surface area contributed by atoms with E-state index in [0.717, 1.165) is 15.8 Å². The van der Waals surface area contributed by atoms with Crippen molar-refractivity contribution in [3.05, 3.63) is 48.0 Å². The van der Waals surface area contributed by atoms with Crippen LogP contribution in [0.2, 0.25) is 0 Å². The van der Waals surface area contributed by atoms with Crippen LogP contribution in [0.3, 0.4) is 0 Å². The average molecular weight is 271 g/mol. The van der Waals surface area contributed by atoms with Gasteiger partial charge in [0.2, 0.25) is 5.91 Å². The van der Waals surface area contributed by atoms with Crippen molar-refractivity contribution < 1.29 is 14.4 Å². The van der Waals surface area contributed by atoms with E-state index >= 15 is 0 Å². The van der Waals surface area contributed by atoms with Crippen LogP contribution < -0.4 is 0 Å². The Morgan fingerprint density at radius 1 is 1.05 bits per heavy atom. The van der Waals surface area contributed by atoms with E-state index in [1.807, 2.05) is 36.4 Å². The van der Waals surface area contributed by atoms with E-state index in [1.54, 1.807) is 6.07 Å². The smallest absolute Gasteiger partial charge is 0.246 e. The number of rotatable bonds is 5. The molecule has 4 heteroatoms. The highest BCUT2D eigenvalue weighted by Gasteiger charge is 2.12. The summed E-state index contributed by atoms with van der Waals surface area (Å²) in [6.45, 7) is 0. The minimum Gasteiger partial charge on any atom is -0.294 e. The fraction of sp³-hybridized carbons (Fsp3) is 0.250. The number of nitrogens with zero attached hydrogens (tertiary/aromatic N) is 1. The Morgan fingerprint density at radius 2 is 1.75 bits per heavy atom. The van der Waals surface area contributed by atoms with Gasteiger partial charge in [0.1, 0.15) is 0 Å². The summed E-state index contributed by atoms with van der Waals surface area (Å²) in [5.74, 6) is -0.241. The van der Waals surface area contributed by atoms with Crippen molar-refractivity contribution in [2.75, 3.05) is 14.2 Å². The van der Waals surface area contributed by atoms with Gasteiger partial charge in [0.25, 0.3) is 0 Å². The number of amides is 1. The topological polar surface area (TPSA) is 46.6 Å². The van der Waals surface area contributed by atoms with Crippen LogP contribution in [0, 0.1) is 0 Å². The van der Waals surface area contributed by atoms with Gasteiger partial charge in [0.15, 0.2) is 5.78 Å². The fourth-order valence-electron chi connectivity index (χ4n) is 1.99. The number of hydrogen-bond acceptors (Lipinski definition) is 3. The van der Waals surface area contributed by atoms with Crippen LogP contribution in [0.25, 0.3) is 10.8 Å². The van der Waals surface area contributed by atoms with Gasteiger partial charge in [0, 0.05) is 25.5 Å². The van der Waals surface area contributed by atoms with Gasteiger partial charge in [-0.25, -0.2) is 5.06 Å². The van der Waals surface area contributed by atoms with Crippen molar-refractivity contribution in [3.63, 3.8) is 0 Å². The molecule has 0 aliphatic carbocycles. The first-order valence-corrected chi connectivity index (χ1v) is 6.44. The molecule has 104 valence electrons. The summed E-state index contributed by atoms with van der Waals surface area (Å²) < 4.78 is 0. The van der Waals surface area contributed by atoms with E-state index in [0.29, 0.717) is 5.56 Å². The SMILES string of the molecule is CON(C)C(=O)CCC(=O)c1ccc2ccccc2c1. The van der Waals surface area contributed by atoms with Gasteiger partial charge < -0.3 is 0 Å². The van der Waals surface area contributed by atoms with Gasteiger partial charge in [-0.3, -0.25) is 14.4 Å². The lowest BCUT2D eigenvalue weighted by Crippen LogP contribution is -2.25. The molecule has 0 fully saturated rings. The van der Waals surface area contributed by atoms with Crippen LogP contribution in [0.4, 0.5) is 0 Å². The molecule has 0 saturated heterocycles. The Balaban J connectivity index is 2.06. The number of Topliss-reactive ketones (excluding diaryl/α,β-unsaturated/α-hetero) is 1. The molecule has 0 aliphatic heterocycles. The minimum absolute atomic E-state index is 0.0337. The summed E-state index contributed by atoms with van der Waals surface area (Å²) >= 11 is 0. The predicted octanol–water partition coefficient (Wildman–Crippen LogP) is 2.82. The molecule has 0 aromatic heterocycles. The van der Waals surface area contributed by atoms with Crippen LogP contribution in [0.1, 0.15) is 23.2 Å². The van der Waals surface area contributed by atoms with Crippen LogP contribution in [-0.4, -0.2) is 30.9 Å². The number of hydroxylamine groups is 2. The van der Waals surface area contributed by atoms with Gasteiger partial charge in [-0.15, -0.1) is 0 Å². The maximum Gasteiger partial charge on any atom is 0.246 e. The zero-order chi connectivity index (χ0) is 14.5. The quantitative estimate of drug-likeness (QED) is 0.620. The molecule has 2 aromatic rings. The molecule has 0 saturated carbocycles. The number of carbonyl (C=O) groups excluding carboxylic acids is 2. The molecule has 4 nitrogen and oxygen atoms in total. The maximum absolute atomic E-state index is 12.1. The molecule has 0 heterocycles. The highest BCUT2D eigenvalue weighted by atomic mass is 16.7. The predicted molar refractivity (Wildman–Crippen MR) is 77.3 cm³/mol. The van der Waals surface area contributed by atoms with Crippen molar-refractivity contribution in [3.8, 4) is 0 Å². The Hall–Kier alpha value is -2.20. The van der Waals surface area contributed by atoms with Crippen LogP contribution >= 0.6 is 0 Å². The molecule has 20 heavy (non-hydrogen) atoms. The Morgan fingerprint density at radius 3 is 2.45 bits per heavy atom. The van der Waals surface area contributed by atoms with Gasteiger partial charge >= 0.3 is 0 Å². The zero-order valence-electron chi connectivity index (χ0n) is 11.6. The Kier molecular flexibility index (Phi) is 4.48. The lowest BCUT2D eigenvalue weighted by Gasteiger charge is -2.12. The first-order chi connectivity index (χ1) is 9.61. The number of benzene rings is 2. The lowest BCUT2D eigenvalue weighted by molar-refractivity contribution is -0.168. The molecule has 0 atom stereocenters. The summed E-state index contributed by atoms with van der Waals surface area (Å²) in [4.78, 5) is 28.4. The van der Waals surface area contributed by atoms with E-state index in [4.69, 9.17) is 4.84 Å². The van der Waals surface area contributed by atoms with E-state index < -0.39 is 0 Å². The van der Waals surface area contributed by atoms with Crippen LogP contribution in [0.5, 0.6) is 0 Å². The molecule has 0 bridgehead atoms. The van der Waals surface area contributed by atoms with E-state index in [9.17, 15) is 9.59 Å². The standard InChI is InChI=1S/C16H17NO3/c1-17(20-2)16(19)10-9-15(18)14-8-7-12-5-3-4-6-13(12)11-14/h3-8,11H,9-10H2,1-2H3. The van der Waals surface area contributed by atoms with Crippen molar-refractivity contribution in [2.24, 2.45) is 0 Å². The molecule has 0 aliphatic rings. The highest BCUT2D eigenvalue weighted by molar-refractivity contribution is 6.01. The first-order valence-electron chi connectivity index (χ1n) is 6.44. The molecular weight excluding hydrogens is 254 g/mol. The van der Waals surface area contributed by atoms with E-state index in [1.165, 1.54) is 14.2 Å².